The summed E-state index contributed by atoms with van der Waals surface area (Å²) < 4.78 is 6.24. The van der Waals surface area contributed by atoms with E-state index in [4.69, 9.17) is 16.0 Å². The summed E-state index contributed by atoms with van der Waals surface area (Å²) in [5.41, 5.74) is 0.863. The molecule has 2 heterocycles. The van der Waals surface area contributed by atoms with Crippen molar-refractivity contribution in [3.8, 4) is 11.3 Å². The zero-order chi connectivity index (χ0) is 16.9. The summed E-state index contributed by atoms with van der Waals surface area (Å²) in [7, 11) is 0. The van der Waals surface area contributed by atoms with Gasteiger partial charge < -0.3 is 9.73 Å². The highest BCUT2D eigenvalue weighted by Crippen LogP contribution is 2.24. The van der Waals surface area contributed by atoms with Crippen molar-refractivity contribution in [2.24, 2.45) is 0 Å². The Morgan fingerprint density at radius 2 is 2.00 bits per heavy atom. The lowest BCUT2D eigenvalue weighted by molar-refractivity contribution is -0.122. The molecule has 1 N–H and O–H groups in total. The van der Waals surface area contributed by atoms with Crippen molar-refractivity contribution in [2.75, 3.05) is 0 Å². The molecule has 0 aliphatic heterocycles. The Kier molecular flexibility index (Phi) is 4.77. The summed E-state index contributed by atoms with van der Waals surface area (Å²) in [5, 5.41) is 7.42. The van der Waals surface area contributed by atoms with Crippen LogP contribution in [0, 0.1) is 0 Å². The zero-order valence-corrected chi connectivity index (χ0v) is 13.4. The molecule has 0 radical (unpaired) electrons. The summed E-state index contributed by atoms with van der Waals surface area (Å²) in [6, 6.07) is 13.6. The molecule has 3 aromatic rings. The smallest absolute Gasteiger partial charge is 0.267 e. The summed E-state index contributed by atoms with van der Waals surface area (Å²) in [5.74, 6) is 0.297. The lowest BCUT2D eigenvalue weighted by Crippen LogP contribution is -2.33. The molecule has 0 bridgehead atoms. The van der Waals surface area contributed by atoms with E-state index in [1.165, 1.54) is 12.3 Å². The van der Waals surface area contributed by atoms with Gasteiger partial charge in [0.25, 0.3) is 5.56 Å². The number of carbonyl (C=O) groups excluding carboxylic acids is 1. The van der Waals surface area contributed by atoms with Gasteiger partial charge in [0, 0.05) is 11.6 Å². The van der Waals surface area contributed by atoms with E-state index in [0.717, 1.165) is 4.68 Å². The van der Waals surface area contributed by atoms with Crippen LogP contribution in [-0.4, -0.2) is 15.7 Å². The van der Waals surface area contributed by atoms with Crippen LogP contribution in [0.4, 0.5) is 0 Å². The highest BCUT2D eigenvalue weighted by atomic mass is 35.5. The molecule has 1 aromatic carbocycles. The maximum atomic E-state index is 12.0. The molecule has 0 unspecified atom stereocenters. The van der Waals surface area contributed by atoms with Crippen LogP contribution in [0.2, 0.25) is 5.02 Å². The molecule has 0 aliphatic carbocycles. The topological polar surface area (TPSA) is 77.1 Å². The second-order valence-electron chi connectivity index (χ2n) is 5.05. The number of amides is 1. The van der Waals surface area contributed by atoms with E-state index in [-0.39, 0.29) is 24.6 Å². The largest absolute Gasteiger partial charge is 0.467 e. The Balaban J connectivity index is 1.76. The van der Waals surface area contributed by atoms with Gasteiger partial charge in [0.05, 0.1) is 23.5 Å². The quantitative estimate of drug-likeness (QED) is 0.772. The summed E-state index contributed by atoms with van der Waals surface area (Å²) in [6.07, 6.45) is 1.53. The number of rotatable bonds is 5. The van der Waals surface area contributed by atoms with Crippen LogP contribution >= 0.6 is 11.6 Å². The van der Waals surface area contributed by atoms with Crippen LogP contribution in [0.3, 0.4) is 0 Å². The van der Waals surface area contributed by atoms with Crippen molar-refractivity contribution in [2.45, 2.75) is 13.1 Å². The molecule has 6 nitrogen and oxygen atoms in total. The molecule has 0 saturated carbocycles. The summed E-state index contributed by atoms with van der Waals surface area (Å²) in [4.78, 5) is 23.9. The van der Waals surface area contributed by atoms with Crippen LogP contribution in [0.15, 0.2) is 64.0 Å². The fraction of sp³-hybridized carbons (Fsp3) is 0.118. The van der Waals surface area contributed by atoms with E-state index in [0.29, 0.717) is 22.0 Å². The van der Waals surface area contributed by atoms with E-state index in [2.05, 4.69) is 10.4 Å². The van der Waals surface area contributed by atoms with E-state index in [1.54, 1.807) is 30.3 Å². The number of benzene rings is 1. The second kappa shape index (κ2) is 7.14. The number of nitrogens with zero attached hydrogens (tertiary/aromatic N) is 2. The number of nitrogens with one attached hydrogen (secondary N) is 1. The van der Waals surface area contributed by atoms with Crippen LogP contribution in [0.5, 0.6) is 0 Å². The third-order valence-electron chi connectivity index (χ3n) is 3.35. The Hall–Kier alpha value is -2.86. The number of aromatic nitrogens is 2. The molecule has 0 fully saturated rings. The van der Waals surface area contributed by atoms with Gasteiger partial charge in [-0.2, -0.15) is 5.10 Å². The third-order valence-corrected chi connectivity index (χ3v) is 3.68. The van der Waals surface area contributed by atoms with E-state index < -0.39 is 0 Å². The van der Waals surface area contributed by atoms with Gasteiger partial charge in [-0.1, -0.05) is 29.8 Å². The van der Waals surface area contributed by atoms with E-state index in [9.17, 15) is 9.59 Å². The predicted molar refractivity (Wildman–Crippen MR) is 89.5 cm³/mol. The molecule has 0 aliphatic rings. The second-order valence-corrected chi connectivity index (χ2v) is 5.46. The average molecular weight is 344 g/mol. The number of hydrogen-bond donors (Lipinski definition) is 1. The minimum absolute atomic E-state index is 0.183. The fourth-order valence-electron chi connectivity index (χ4n) is 2.17. The van der Waals surface area contributed by atoms with Crippen LogP contribution in [0.25, 0.3) is 11.3 Å². The highest BCUT2D eigenvalue weighted by molar-refractivity contribution is 6.33. The van der Waals surface area contributed by atoms with Gasteiger partial charge in [0.1, 0.15) is 12.3 Å². The zero-order valence-electron chi connectivity index (χ0n) is 12.6. The Labute approximate surface area is 142 Å². The number of carbonyl (C=O) groups is 1. The minimum atomic E-state index is -0.362. The third kappa shape index (κ3) is 3.72. The van der Waals surface area contributed by atoms with E-state index >= 15 is 0 Å². The highest BCUT2D eigenvalue weighted by Gasteiger charge is 2.10. The van der Waals surface area contributed by atoms with Crippen molar-refractivity contribution in [1.82, 2.24) is 15.1 Å². The van der Waals surface area contributed by atoms with Crippen LogP contribution in [0.1, 0.15) is 5.76 Å². The first-order chi connectivity index (χ1) is 11.6. The van der Waals surface area contributed by atoms with Crippen molar-refractivity contribution in [1.29, 1.82) is 0 Å². The SMILES string of the molecule is O=C(Cn1nc(-c2ccccc2Cl)ccc1=O)NCc1ccco1. The maximum absolute atomic E-state index is 12.0. The Morgan fingerprint density at radius 1 is 1.17 bits per heavy atom. The van der Waals surface area contributed by atoms with Gasteiger partial charge in [-0.25, -0.2) is 4.68 Å². The molecule has 0 atom stereocenters. The monoisotopic (exact) mass is 343 g/mol. The number of halogens is 1. The molecule has 0 saturated heterocycles. The van der Waals surface area contributed by atoms with Crippen molar-refractivity contribution in [3.63, 3.8) is 0 Å². The average Bonchev–Trinajstić information content (AvgIpc) is 3.09. The first kappa shape index (κ1) is 16.0. The van der Waals surface area contributed by atoms with Gasteiger partial charge in [-0.15, -0.1) is 0 Å². The normalized spacial score (nSPS) is 10.5. The molecule has 2 aromatic heterocycles. The van der Waals surface area contributed by atoms with Gasteiger partial charge in [0.15, 0.2) is 0 Å². The molecule has 7 heteroatoms. The number of furan rings is 1. The molecule has 3 rings (SSSR count). The predicted octanol–water partition coefficient (Wildman–Crippen LogP) is 2.47. The van der Waals surface area contributed by atoms with Gasteiger partial charge in [-0.3, -0.25) is 9.59 Å². The van der Waals surface area contributed by atoms with Crippen LogP contribution in [-0.2, 0) is 17.9 Å². The summed E-state index contributed by atoms with van der Waals surface area (Å²) >= 11 is 6.15. The van der Waals surface area contributed by atoms with E-state index in [1.807, 2.05) is 12.1 Å². The maximum Gasteiger partial charge on any atom is 0.267 e. The summed E-state index contributed by atoms with van der Waals surface area (Å²) in [6.45, 7) is 0.0720. The fourth-order valence-corrected chi connectivity index (χ4v) is 2.40. The minimum Gasteiger partial charge on any atom is -0.467 e. The van der Waals surface area contributed by atoms with Gasteiger partial charge in [0.2, 0.25) is 5.91 Å². The van der Waals surface area contributed by atoms with Gasteiger partial charge in [-0.05, 0) is 24.3 Å². The molecular formula is C17H14ClN3O3. The molecule has 122 valence electrons. The van der Waals surface area contributed by atoms with Crippen molar-refractivity contribution in [3.05, 3.63) is 75.9 Å². The molecular weight excluding hydrogens is 330 g/mol. The number of hydrogen-bond acceptors (Lipinski definition) is 4. The standard InChI is InChI=1S/C17H14ClN3O3/c18-14-6-2-1-5-13(14)15-7-8-17(23)21(20-15)11-16(22)19-10-12-4-3-9-24-12/h1-9H,10-11H2,(H,19,22). The van der Waals surface area contributed by atoms with Crippen LogP contribution < -0.4 is 10.9 Å². The first-order valence-corrected chi connectivity index (χ1v) is 7.63. The molecule has 0 spiro atoms. The lowest BCUT2D eigenvalue weighted by Gasteiger charge is -2.08. The van der Waals surface area contributed by atoms with Crippen molar-refractivity contribution < 1.29 is 9.21 Å². The lowest BCUT2D eigenvalue weighted by atomic mass is 10.1. The molecule has 1 amide bonds. The molecule has 24 heavy (non-hydrogen) atoms. The van der Waals surface area contributed by atoms with Gasteiger partial charge >= 0.3 is 0 Å². The van der Waals surface area contributed by atoms with Crippen molar-refractivity contribution >= 4 is 17.5 Å². The Bertz CT molecular complexity index is 903. The Morgan fingerprint density at radius 3 is 2.75 bits per heavy atom. The first-order valence-electron chi connectivity index (χ1n) is 7.25.